The molecule has 3 aromatic carbocycles. The number of benzene rings is 3. The highest BCUT2D eigenvalue weighted by Gasteiger charge is 2.19. The number of hydrogen-bond donors (Lipinski definition) is 0. The summed E-state index contributed by atoms with van der Waals surface area (Å²) in [7, 11) is 0. The number of nitrogens with zero attached hydrogens (tertiary/aromatic N) is 4. The van der Waals surface area contributed by atoms with Crippen LogP contribution in [0.5, 0.6) is 11.5 Å². The molecule has 0 spiro atoms. The highest BCUT2D eigenvalue weighted by molar-refractivity contribution is 5.84. The zero-order valence-corrected chi connectivity index (χ0v) is 26.3. The Bertz CT molecular complexity index is 1860. The second kappa shape index (κ2) is 12.3. The first-order chi connectivity index (χ1) is 20.6. The van der Waals surface area contributed by atoms with Crippen LogP contribution in [0.3, 0.4) is 0 Å². The fraction of sp³-hybridized carbons (Fsp3) is 0.306. The molecule has 0 N–H and O–H groups in total. The van der Waals surface area contributed by atoms with Crippen LogP contribution in [-0.4, -0.2) is 33.2 Å². The standard InChI is InChI=1S/C36H40N4O3/c1-9-42-34-18-24(6)32(20-31(34)22(2)3)35-38-33-13-11-10-12-30(33)36(41)40(35)37-21-27-19-25(7)39(26(27)8)28-14-16-29(17-15-28)43-23(4)5/h10-23H,9H2,1-8H3. The number of aromatic nitrogens is 3. The first kappa shape index (κ1) is 29.8. The smallest absolute Gasteiger partial charge is 0.282 e. The van der Waals surface area contributed by atoms with Gasteiger partial charge in [0.2, 0.25) is 0 Å². The summed E-state index contributed by atoms with van der Waals surface area (Å²) in [6.07, 6.45) is 1.87. The lowest BCUT2D eigenvalue weighted by atomic mass is 9.96. The molecule has 222 valence electrons. The van der Waals surface area contributed by atoms with Crippen LogP contribution < -0.4 is 15.0 Å². The van der Waals surface area contributed by atoms with E-state index in [-0.39, 0.29) is 17.6 Å². The van der Waals surface area contributed by atoms with E-state index in [0.717, 1.165) is 50.8 Å². The third kappa shape index (κ3) is 5.98. The molecule has 5 rings (SSSR count). The lowest BCUT2D eigenvalue weighted by Crippen LogP contribution is -2.21. The van der Waals surface area contributed by atoms with E-state index in [4.69, 9.17) is 19.6 Å². The van der Waals surface area contributed by atoms with Crippen molar-refractivity contribution in [2.75, 3.05) is 6.61 Å². The van der Waals surface area contributed by atoms with E-state index in [1.54, 1.807) is 12.3 Å². The summed E-state index contributed by atoms with van der Waals surface area (Å²) in [4.78, 5) is 18.9. The molecule has 0 aliphatic heterocycles. The average Bonchev–Trinajstić information content (AvgIpc) is 3.25. The Morgan fingerprint density at radius 3 is 2.35 bits per heavy atom. The molecule has 0 fully saturated rings. The van der Waals surface area contributed by atoms with E-state index in [2.05, 4.69) is 56.5 Å². The second-order valence-electron chi connectivity index (χ2n) is 11.4. The second-order valence-corrected chi connectivity index (χ2v) is 11.4. The monoisotopic (exact) mass is 576 g/mol. The number of para-hydroxylation sites is 1. The molecule has 0 amide bonds. The first-order valence-electron chi connectivity index (χ1n) is 14.9. The molecular formula is C36H40N4O3. The van der Waals surface area contributed by atoms with Gasteiger partial charge in [0.1, 0.15) is 11.5 Å². The van der Waals surface area contributed by atoms with Crippen LogP contribution in [0.15, 0.2) is 76.6 Å². The van der Waals surface area contributed by atoms with Crippen molar-refractivity contribution in [3.63, 3.8) is 0 Å². The molecule has 0 radical (unpaired) electrons. The van der Waals surface area contributed by atoms with E-state index in [9.17, 15) is 4.79 Å². The third-order valence-electron chi connectivity index (χ3n) is 7.52. The van der Waals surface area contributed by atoms with Crippen molar-refractivity contribution >= 4 is 17.1 Å². The van der Waals surface area contributed by atoms with Crippen LogP contribution in [0.1, 0.15) is 68.6 Å². The maximum absolute atomic E-state index is 13.9. The van der Waals surface area contributed by atoms with Crippen LogP contribution >= 0.6 is 0 Å². The fourth-order valence-corrected chi connectivity index (χ4v) is 5.46. The SMILES string of the molecule is CCOc1cc(C)c(-c2nc3ccccc3c(=O)n2N=Cc2cc(C)n(-c3ccc(OC(C)C)cc3)c2C)cc1C(C)C. The number of hydrogen-bond acceptors (Lipinski definition) is 5. The molecule has 0 saturated carbocycles. The van der Waals surface area contributed by atoms with Gasteiger partial charge in [0.15, 0.2) is 5.82 Å². The summed E-state index contributed by atoms with van der Waals surface area (Å²) >= 11 is 0. The average molecular weight is 577 g/mol. The zero-order chi connectivity index (χ0) is 30.8. The van der Waals surface area contributed by atoms with E-state index >= 15 is 0 Å². The minimum Gasteiger partial charge on any atom is -0.494 e. The largest absolute Gasteiger partial charge is 0.494 e. The summed E-state index contributed by atoms with van der Waals surface area (Å²) in [6.45, 7) is 17.0. The maximum Gasteiger partial charge on any atom is 0.282 e. The molecule has 43 heavy (non-hydrogen) atoms. The molecule has 7 nitrogen and oxygen atoms in total. The van der Waals surface area contributed by atoms with Crippen molar-refractivity contribution in [1.82, 2.24) is 14.2 Å². The molecule has 0 saturated heterocycles. The van der Waals surface area contributed by atoms with Crippen LogP contribution in [0, 0.1) is 20.8 Å². The molecule has 7 heteroatoms. The van der Waals surface area contributed by atoms with Gasteiger partial charge in [-0.05, 0) is 113 Å². The number of aryl methyl sites for hydroxylation is 2. The van der Waals surface area contributed by atoms with Gasteiger partial charge in [0, 0.05) is 28.2 Å². The van der Waals surface area contributed by atoms with Crippen LogP contribution in [0.25, 0.3) is 28.0 Å². The Hall–Kier alpha value is -4.65. The number of ether oxygens (including phenoxy) is 2. The van der Waals surface area contributed by atoms with E-state index in [0.29, 0.717) is 23.3 Å². The van der Waals surface area contributed by atoms with Gasteiger partial charge in [-0.1, -0.05) is 26.0 Å². The van der Waals surface area contributed by atoms with Gasteiger partial charge in [0.05, 0.1) is 29.8 Å². The minimum atomic E-state index is -0.217. The van der Waals surface area contributed by atoms with Gasteiger partial charge in [-0.25, -0.2) is 4.98 Å². The molecule has 0 atom stereocenters. The van der Waals surface area contributed by atoms with Crippen molar-refractivity contribution in [2.24, 2.45) is 5.10 Å². The number of rotatable bonds is 9. The minimum absolute atomic E-state index is 0.116. The van der Waals surface area contributed by atoms with Crippen molar-refractivity contribution in [2.45, 2.75) is 67.4 Å². The van der Waals surface area contributed by atoms with E-state index in [1.165, 1.54) is 4.68 Å². The Morgan fingerprint density at radius 1 is 0.953 bits per heavy atom. The topological polar surface area (TPSA) is 70.6 Å². The highest BCUT2D eigenvalue weighted by atomic mass is 16.5. The Kier molecular flexibility index (Phi) is 8.53. The summed E-state index contributed by atoms with van der Waals surface area (Å²) in [5.74, 6) is 2.41. The van der Waals surface area contributed by atoms with Gasteiger partial charge < -0.3 is 14.0 Å². The molecule has 0 bridgehead atoms. The lowest BCUT2D eigenvalue weighted by Gasteiger charge is -2.18. The van der Waals surface area contributed by atoms with Gasteiger partial charge in [-0.3, -0.25) is 4.79 Å². The number of fused-ring (bicyclic) bond motifs is 1. The van der Waals surface area contributed by atoms with Crippen molar-refractivity contribution in [1.29, 1.82) is 0 Å². The van der Waals surface area contributed by atoms with Crippen molar-refractivity contribution < 1.29 is 9.47 Å². The van der Waals surface area contributed by atoms with Gasteiger partial charge in [-0.15, -0.1) is 0 Å². The fourth-order valence-electron chi connectivity index (χ4n) is 5.46. The Morgan fingerprint density at radius 2 is 1.67 bits per heavy atom. The first-order valence-corrected chi connectivity index (χ1v) is 14.9. The Labute approximate surface area is 253 Å². The van der Waals surface area contributed by atoms with Crippen molar-refractivity contribution in [3.05, 3.63) is 105 Å². The zero-order valence-electron chi connectivity index (χ0n) is 26.3. The lowest BCUT2D eigenvalue weighted by molar-refractivity contribution is 0.242. The summed E-state index contributed by atoms with van der Waals surface area (Å²) < 4.78 is 15.4. The van der Waals surface area contributed by atoms with Crippen LogP contribution in [0.2, 0.25) is 0 Å². The molecule has 0 aliphatic rings. The predicted molar refractivity (Wildman–Crippen MR) is 175 cm³/mol. The maximum atomic E-state index is 13.9. The molecule has 5 aromatic rings. The summed E-state index contributed by atoms with van der Waals surface area (Å²) in [6, 6.07) is 21.7. The van der Waals surface area contributed by atoms with Crippen molar-refractivity contribution in [3.8, 4) is 28.6 Å². The summed E-state index contributed by atoms with van der Waals surface area (Å²) in [5, 5.41) is 5.30. The summed E-state index contributed by atoms with van der Waals surface area (Å²) in [5.41, 5.74) is 7.31. The molecular weight excluding hydrogens is 536 g/mol. The predicted octanol–water partition coefficient (Wildman–Crippen LogP) is 7.97. The van der Waals surface area contributed by atoms with E-state index < -0.39 is 0 Å². The van der Waals surface area contributed by atoms with Crippen LogP contribution in [-0.2, 0) is 0 Å². The molecule has 2 aromatic heterocycles. The normalized spacial score (nSPS) is 11.8. The third-order valence-corrected chi connectivity index (χ3v) is 7.52. The highest BCUT2D eigenvalue weighted by Crippen LogP contribution is 2.34. The Balaban J connectivity index is 1.63. The van der Waals surface area contributed by atoms with Crippen LogP contribution in [0.4, 0.5) is 0 Å². The quantitative estimate of drug-likeness (QED) is 0.167. The van der Waals surface area contributed by atoms with Gasteiger partial charge in [-0.2, -0.15) is 9.78 Å². The van der Waals surface area contributed by atoms with Gasteiger partial charge in [0.25, 0.3) is 5.56 Å². The molecule has 0 unspecified atom stereocenters. The molecule has 0 aliphatic carbocycles. The molecule has 2 heterocycles. The van der Waals surface area contributed by atoms with Gasteiger partial charge >= 0.3 is 0 Å². The van der Waals surface area contributed by atoms with E-state index in [1.807, 2.05) is 64.1 Å².